The Morgan fingerprint density at radius 2 is 0.750 bits per heavy atom. The van der Waals surface area contributed by atoms with E-state index in [2.05, 4.69) is 63.1 Å². The Morgan fingerprint density at radius 3 is 0.875 bits per heavy atom. The summed E-state index contributed by atoms with van der Waals surface area (Å²) in [6, 6.07) is 0. The molecule has 0 bridgehead atoms. The average Bonchev–Trinajstić information content (AvgIpc) is 2.16. The molecule has 0 spiro atoms. The first-order valence-electron chi connectivity index (χ1n) is 6.42. The van der Waals surface area contributed by atoms with Gasteiger partial charge in [-0.25, -0.2) is 0 Å². The van der Waals surface area contributed by atoms with Gasteiger partial charge in [-0.15, -0.1) is 0 Å². The third-order valence-electron chi connectivity index (χ3n) is 4.00. The summed E-state index contributed by atoms with van der Waals surface area (Å²) in [4.78, 5) is 0. The van der Waals surface area contributed by atoms with Gasteiger partial charge in [0.25, 0.3) is 0 Å². The summed E-state index contributed by atoms with van der Waals surface area (Å²) in [6.45, 7) is 10.7. The van der Waals surface area contributed by atoms with Gasteiger partial charge < -0.3 is 0 Å². The minimum atomic E-state index is -1.38. The molecule has 3 nitrogen and oxygen atoms in total. The van der Waals surface area contributed by atoms with Crippen molar-refractivity contribution < 1.29 is 27.5 Å². The SMILES string of the molecule is CC[N+](C)(C)[Ti]([N+](C)(C)CC)[N+](C)(C)CC. The Kier molecular flexibility index (Phi) is 5.70. The van der Waals surface area contributed by atoms with Gasteiger partial charge in [-0.1, -0.05) is 0 Å². The molecule has 0 saturated heterocycles. The number of rotatable bonds is 6. The Hall–Kier alpha value is 0.594. The standard InChI is InChI=1S/3C4H11N.Ti/c3*1-4-5(2)3;/h3*4H2,1-3H3;/q;;;+3. The molecule has 0 aromatic carbocycles. The summed E-state index contributed by atoms with van der Waals surface area (Å²) in [5, 5.41) is 0. The van der Waals surface area contributed by atoms with Crippen molar-refractivity contribution >= 4 is 0 Å². The molecule has 0 heterocycles. The van der Waals surface area contributed by atoms with Gasteiger partial charge in [-0.05, 0) is 0 Å². The van der Waals surface area contributed by atoms with Crippen LogP contribution in [0.3, 0.4) is 0 Å². The quantitative estimate of drug-likeness (QED) is 0.642. The fourth-order valence-electron chi connectivity index (χ4n) is 2.62. The molecular weight excluding hydrogens is 234 g/mol. The van der Waals surface area contributed by atoms with E-state index in [9.17, 15) is 0 Å². The van der Waals surface area contributed by atoms with Crippen molar-refractivity contribution in [1.29, 1.82) is 0 Å². The third-order valence-corrected chi connectivity index (χ3v) is 10.6. The Morgan fingerprint density at radius 1 is 0.562 bits per heavy atom. The van der Waals surface area contributed by atoms with Crippen molar-refractivity contribution in [2.75, 3.05) is 61.9 Å². The maximum atomic E-state index is 2.43. The molecule has 0 atom stereocenters. The second-order valence-corrected chi connectivity index (χ2v) is 12.9. The first-order chi connectivity index (χ1) is 7.05. The van der Waals surface area contributed by atoms with Gasteiger partial charge in [0.1, 0.15) is 0 Å². The van der Waals surface area contributed by atoms with Crippen molar-refractivity contribution in [2.24, 2.45) is 0 Å². The summed E-state index contributed by atoms with van der Waals surface area (Å²) in [5.74, 6) is 0. The van der Waals surface area contributed by atoms with Crippen molar-refractivity contribution in [3.63, 3.8) is 0 Å². The number of quaternary nitrogens is 3. The molecule has 0 aromatic rings. The summed E-state index contributed by atoms with van der Waals surface area (Å²) in [6.07, 6.45) is 0. The summed E-state index contributed by atoms with van der Waals surface area (Å²) < 4.78 is 3.71. The topological polar surface area (TPSA) is 0 Å². The van der Waals surface area contributed by atoms with Gasteiger partial charge in [0.05, 0.1) is 0 Å². The zero-order valence-corrected chi connectivity index (χ0v) is 14.5. The molecule has 4 heteroatoms. The number of hydrogen-bond donors (Lipinski definition) is 0. The van der Waals surface area contributed by atoms with Crippen molar-refractivity contribution in [1.82, 2.24) is 0 Å². The Labute approximate surface area is 110 Å². The molecule has 0 aliphatic heterocycles. The fraction of sp³-hybridized carbons (Fsp3) is 1.00. The zero-order chi connectivity index (χ0) is 13.2. The van der Waals surface area contributed by atoms with E-state index in [-0.39, 0.29) is 0 Å². The molecule has 97 valence electrons. The normalized spacial score (nSPS) is 14.1. The monoisotopic (exact) mass is 267 g/mol. The van der Waals surface area contributed by atoms with E-state index >= 15 is 0 Å². The summed E-state index contributed by atoms with van der Waals surface area (Å²) >= 11 is -1.38. The summed E-state index contributed by atoms with van der Waals surface area (Å²) in [5.41, 5.74) is 0. The molecule has 0 aromatic heterocycles. The van der Waals surface area contributed by atoms with Gasteiger partial charge in [-0.3, -0.25) is 0 Å². The Balaban J connectivity index is 5.40. The van der Waals surface area contributed by atoms with E-state index < -0.39 is 18.6 Å². The van der Waals surface area contributed by atoms with E-state index in [0.29, 0.717) is 0 Å². The number of nitrogens with zero attached hydrogens (tertiary/aromatic N) is 3. The molecule has 0 unspecified atom stereocenters. The van der Waals surface area contributed by atoms with Gasteiger partial charge in [0.2, 0.25) is 0 Å². The minimum absolute atomic E-state index is 1.24. The summed E-state index contributed by atoms with van der Waals surface area (Å²) in [7, 11) is 14.6. The zero-order valence-electron chi connectivity index (χ0n) is 13.0. The van der Waals surface area contributed by atoms with Crippen molar-refractivity contribution in [2.45, 2.75) is 20.8 Å². The van der Waals surface area contributed by atoms with Crippen LogP contribution in [-0.4, -0.2) is 70.8 Å². The van der Waals surface area contributed by atoms with Crippen LogP contribution in [0.5, 0.6) is 0 Å². The van der Waals surface area contributed by atoms with Gasteiger partial charge >= 0.3 is 110 Å². The fourth-order valence-corrected chi connectivity index (χ4v) is 10.8. The van der Waals surface area contributed by atoms with Crippen LogP contribution in [0.4, 0.5) is 0 Å². The van der Waals surface area contributed by atoms with Crippen LogP contribution in [0.15, 0.2) is 0 Å². The van der Waals surface area contributed by atoms with Gasteiger partial charge in [0.15, 0.2) is 0 Å². The third kappa shape index (κ3) is 3.54. The van der Waals surface area contributed by atoms with Gasteiger partial charge in [-0.2, -0.15) is 0 Å². The van der Waals surface area contributed by atoms with Gasteiger partial charge in [0, 0.05) is 0 Å². The molecule has 16 heavy (non-hydrogen) atoms. The number of hydrogen-bond acceptors (Lipinski definition) is 0. The second-order valence-electron chi connectivity index (χ2n) is 6.30. The van der Waals surface area contributed by atoms with Crippen LogP contribution in [0, 0.1) is 0 Å². The molecule has 0 rings (SSSR count). The van der Waals surface area contributed by atoms with E-state index in [1.807, 2.05) is 0 Å². The van der Waals surface area contributed by atoms with E-state index in [1.54, 1.807) is 0 Å². The van der Waals surface area contributed by atoms with Crippen LogP contribution < -0.4 is 0 Å². The van der Waals surface area contributed by atoms with Crippen LogP contribution in [-0.2, 0) is 18.6 Å². The van der Waals surface area contributed by atoms with Crippen LogP contribution in [0.2, 0.25) is 0 Å². The van der Waals surface area contributed by atoms with Crippen LogP contribution in [0.25, 0.3) is 0 Å². The van der Waals surface area contributed by atoms with Crippen LogP contribution >= 0.6 is 0 Å². The maximum absolute atomic E-state index is 2.43. The molecule has 0 aliphatic rings. The second kappa shape index (κ2) is 5.49. The van der Waals surface area contributed by atoms with E-state index in [1.165, 1.54) is 28.5 Å². The van der Waals surface area contributed by atoms with Crippen molar-refractivity contribution in [3.05, 3.63) is 0 Å². The van der Waals surface area contributed by atoms with Crippen LogP contribution in [0.1, 0.15) is 20.8 Å². The van der Waals surface area contributed by atoms with Crippen molar-refractivity contribution in [3.8, 4) is 0 Å². The van der Waals surface area contributed by atoms with E-state index in [4.69, 9.17) is 0 Å². The molecule has 0 amide bonds. The molecule has 0 saturated carbocycles. The first-order valence-corrected chi connectivity index (χ1v) is 8.52. The first kappa shape index (κ1) is 16.6. The Bertz CT molecular complexity index is 186. The molecular formula is C12H33N3Ti+3. The van der Waals surface area contributed by atoms with E-state index in [0.717, 1.165) is 0 Å². The molecule has 0 aliphatic carbocycles. The molecule has 0 N–H and O–H groups in total. The average molecular weight is 267 g/mol. The predicted molar refractivity (Wildman–Crippen MR) is 67.9 cm³/mol. The molecule has 0 radical (unpaired) electrons. The molecule has 0 fully saturated rings. The predicted octanol–water partition coefficient (Wildman–Crippen LogP) is 1.64.